The first-order chi connectivity index (χ1) is 12.7. The van der Waals surface area contributed by atoms with Gasteiger partial charge in [-0.15, -0.1) is 0 Å². The fourth-order valence-electron chi connectivity index (χ4n) is 3.49. The Morgan fingerprint density at radius 3 is 2.69 bits per heavy atom. The summed E-state index contributed by atoms with van der Waals surface area (Å²) in [6.07, 6.45) is 6.55. The molecule has 140 valence electrons. The number of hydrogen-bond acceptors (Lipinski definition) is 3. The van der Waals surface area contributed by atoms with Crippen LogP contribution >= 0.6 is 0 Å². The molecule has 6 nitrogen and oxygen atoms in total. The number of amides is 2. The van der Waals surface area contributed by atoms with Crippen molar-refractivity contribution in [2.75, 3.05) is 18.4 Å². The number of carbonyl (C=O) groups excluding carboxylic acids is 1. The summed E-state index contributed by atoms with van der Waals surface area (Å²) in [5.41, 5.74) is 1.98. The first-order valence-corrected chi connectivity index (χ1v) is 9.46. The molecule has 1 aliphatic heterocycles. The number of benzene rings is 1. The van der Waals surface area contributed by atoms with E-state index in [0.29, 0.717) is 13.1 Å². The molecule has 0 unspecified atom stereocenters. The highest BCUT2D eigenvalue weighted by molar-refractivity contribution is 5.89. The van der Waals surface area contributed by atoms with Gasteiger partial charge < -0.3 is 15.3 Å². The summed E-state index contributed by atoms with van der Waals surface area (Å²) in [6, 6.07) is 10.2. The van der Waals surface area contributed by atoms with E-state index in [9.17, 15) is 9.90 Å². The molecule has 0 aliphatic carbocycles. The van der Waals surface area contributed by atoms with E-state index in [2.05, 4.69) is 22.5 Å². The zero-order valence-electron chi connectivity index (χ0n) is 15.3. The number of aromatic nitrogens is 2. The second kappa shape index (κ2) is 8.85. The van der Waals surface area contributed by atoms with Crippen molar-refractivity contribution in [3.8, 4) is 0 Å². The second-order valence-corrected chi connectivity index (χ2v) is 6.93. The molecule has 3 rings (SSSR count). The van der Waals surface area contributed by atoms with Crippen molar-refractivity contribution in [2.24, 2.45) is 5.92 Å². The molecule has 1 saturated heterocycles. The number of rotatable bonds is 6. The highest BCUT2D eigenvalue weighted by atomic mass is 16.3. The Kier molecular flexibility index (Phi) is 6.28. The van der Waals surface area contributed by atoms with Gasteiger partial charge in [-0.1, -0.05) is 30.3 Å². The van der Waals surface area contributed by atoms with Gasteiger partial charge in [0.2, 0.25) is 0 Å². The van der Waals surface area contributed by atoms with Crippen molar-refractivity contribution in [1.82, 2.24) is 14.7 Å². The molecule has 6 heteroatoms. The third kappa shape index (κ3) is 4.85. The van der Waals surface area contributed by atoms with Gasteiger partial charge in [0.05, 0.1) is 18.0 Å². The molecule has 2 heterocycles. The number of aliphatic hydroxyl groups is 1. The molecular formula is C20H28N4O2. The van der Waals surface area contributed by atoms with Crippen LogP contribution in [0.15, 0.2) is 42.7 Å². The number of hydrogen-bond donors (Lipinski definition) is 2. The summed E-state index contributed by atoms with van der Waals surface area (Å²) in [6.45, 7) is 4.15. The summed E-state index contributed by atoms with van der Waals surface area (Å²) < 4.78 is 1.78. The molecule has 0 spiro atoms. The summed E-state index contributed by atoms with van der Waals surface area (Å²) in [5, 5.41) is 17.6. The average Bonchev–Trinajstić information content (AvgIpc) is 3.14. The van der Waals surface area contributed by atoms with Crippen molar-refractivity contribution in [2.45, 2.75) is 45.3 Å². The molecule has 2 amide bonds. The van der Waals surface area contributed by atoms with Crippen molar-refractivity contribution < 1.29 is 9.90 Å². The zero-order chi connectivity index (χ0) is 18.4. The van der Waals surface area contributed by atoms with Gasteiger partial charge in [-0.3, -0.25) is 4.68 Å². The van der Waals surface area contributed by atoms with Crippen LogP contribution in [0.4, 0.5) is 10.5 Å². The Balaban J connectivity index is 1.42. The van der Waals surface area contributed by atoms with Crippen LogP contribution in [0, 0.1) is 5.92 Å². The van der Waals surface area contributed by atoms with Crippen LogP contribution in [0.2, 0.25) is 0 Å². The zero-order valence-corrected chi connectivity index (χ0v) is 15.3. The fraction of sp³-hybridized carbons (Fsp3) is 0.500. The summed E-state index contributed by atoms with van der Waals surface area (Å²) in [7, 11) is 0. The number of anilines is 1. The van der Waals surface area contributed by atoms with Gasteiger partial charge >= 0.3 is 6.03 Å². The number of aryl methyl sites for hydroxylation is 2. The maximum absolute atomic E-state index is 12.4. The third-order valence-corrected chi connectivity index (χ3v) is 5.15. The molecular weight excluding hydrogens is 328 g/mol. The minimum atomic E-state index is -0.303. The van der Waals surface area contributed by atoms with Gasteiger partial charge in [0.1, 0.15) is 0 Å². The lowest BCUT2D eigenvalue weighted by Crippen LogP contribution is -2.43. The van der Waals surface area contributed by atoms with E-state index in [1.54, 1.807) is 10.9 Å². The van der Waals surface area contributed by atoms with Gasteiger partial charge in [0.25, 0.3) is 0 Å². The van der Waals surface area contributed by atoms with Crippen molar-refractivity contribution in [3.63, 3.8) is 0 Å². The molecule has 1 fully saturated rings. The Hall–Kier alpha value is -2.34. The molecule has 1 aromatic heterocycles. The van der Waals surface area contributed by atoms with Crippen molar-refractivity contribution in [3.05, 3.63) is 48.3 Å². The number of carbonyl (C=O) groups is 1. The minimum absolute atomic E-state index is 0.0853. The second-order valence-electron chi connectivity index (χ2n) is 6.93. The van der Waals surface area contributed by atoms with Crippen molar-refractivity contribution >= 4 is 11.7 Å². The third-order valence-electron chi connectivity index (χ3n) is 5.15. The van der Waals surface area contributed by atoms with Gasteiger partial charge in [-0.05, 0) is 44.1 Å². The molecule has 2 N–H and O–H groups in total. The Morgan fingerprint density at radius 2 is 2.04 bits per heavy atom. The summed E-state index contributed by atoms with van der Waals surface area (Å²) >= 11 is 0. The monoisotopic (exact) mass is 356 g/mol. The molecule has 26 heavy (non-hydrogen) atoms. The maximum Gasteiger partial charge on any atom is 0.321 e. The van der Waals surface area contributed by atoms with Crippen LogP contribution in [-0.4, -0.2) is 45.0 Å². The lowest BCUT2D eigenvalue weighted by molar-refractivity contribution is 0.0626. The van der Waals surface area contributed by atoms with Crippen LogP contribution in [0.25, 0.3) is 0 Å². The van der Waals surface area contributed by atoms with E-state index in [0.717, 1.165) is 37.9 Å². The highest BCUT2D eigenvalue weighted by Gasteiger charge is 2.27. The number of nitrogens with zero attached hydrogens (tertiary/aromatic N) is 3. The normalized spacial score (nSPS) is 16.5. The van der Waals surface area contributed by atoms with Gasteiger partial charge in [0.15, 0.2) is 0 Å². The van der Waals surface area contributed by atoms with Crippen LogP contribution in [0.1, 0.15) is 31.7 Å². The van der Waals surface area contributed by atoms with Gasteiger partial charge in [-0.2, -0.15) is 5.10 Å². The Bertz CT molecular complexity index is 693. The molecule has 1 aromatic carbocycles. The van der Waals surface area contributed by atoms with E-state index in [4.69, 9.17) is 0 Å². The molecule has 2 aromatic rings. The van der Waals surface area contributed by atoms with Crippen LogP contribution in [0.5, 0.6) is 0 Å². The summed E-state index contributed by atoms with van der Waals surface area (Å²) in [5.74, 6) is 0.269. The lowest BCUT2D eigenvalue weighted by atomic mass is 9.88. The molecule has 0 bridgehead atoms. The number of aliphatic hydroxyl groups excluding tert-OH is 1. The largest absolute Gasteiger partial charge is 0.393 e. The fourth-order valence-corrected chi connectivity index (χ4v) is 3.49. The Morgan fingerprint density at radius 1 is 1.31 bits per heavy atom. The molecule has 0 saturated carbocycles. The number of nitrogens with one attached hydrogen (secondary N) is 1. The lowest BCUT2D eigenvalue weighted by Gasteiger charge is -2.34. The summed E-state index contributed by atoms with van der Waals surface area (Å²) in [4.78, 5) is 14.2. The molecule has 0 radical (unpaired) electrons. The number of piperidine rings is 1. The minimum Gasteiger partial charge on any atom is -0.393 e. The average molecular weight is 356 g/mol. The van der Waals surface area contributed by atoms with Crippen molar-refractivity contribution in [1.29, 1.82) is 0 Å². The first-order valence-electron chi connectivity index (χ1n) is 9.46. The van der Waals surface area contributed by atoms with Crippen LogP contribution in [0.3, 0.4) is 0 Å². The topological polar surface area (TPSA) is 70.4 Å². The highest BCUT2D eigenvalue weighted by Crippen LogP contribution is 2.24. The van der Waals surface area contributed by atoms with E-state index < -0.39 is 0 Å². The smallest absolute Gasteiger partial charge is 0.321 e. The predicted octanol–water partition coefficient (Wildman–Crippen LogP) is 3.14. The molecule has 1 atom stereocenters. The van der Waals surface area contributed by atoms with E-state index in [-0.39, 0.29) is 18.1 Å². The standard InChI is InChI=1S/C20H28N4O2/c1-2-24-15-18(14-21-24)22-20(26)23-12-10-17(11-13-23)19(25)9-8-16-6-4-3-5-7-16/h3-7,14-15,17,19,25H,2,8-13H2,1H3,(H,22,26)/t19-/m0/s1. The van der Waals surface area contributed by atoms with E-state index in [1.165, 1.54) is 5.56 Å². The van der Waals surface area contributed by atoms with Crippen LogP contribution in [-0.2, 0) is 13.0 Å². The quantitative estimate of drug-likeness (QED) is 0.835. The number of urea groups is 1. The van der Waals surface area contributed by atoms with Gasteiger partial charge in [0, 0.05) is 25.8 Å². The number of likely N-dealkylation sites (tertiary alicyclic amines) is 1. The molecule has 1 aliphatic rings. The van der Waals surface area contributed by atoms with E-state index in [1.807, 2.05) is 36.2 Å². The predicted molar refractivity (Wildman–Crippen MR) is 102 cm³/mol. The SMILES string of the molecule is CCn1cc(NC(=O)N2CCC([C@@H](O)CCc3ccccc3)CC2)cn1. The Labute approximate surface area is 154 Å². The van der Waals surface area contributed by atoms with E-state index >= 15 is 0 Å². The van der Waals surface area contributed by atoms with Gasteiger partial charge in [-0.25, -0.2) is 4.79 Å². The maximum atomic E-state index is 12.4. The first kappa shape index (κ1) is 18.5. The van der Waals surface area contributed by atoms with Crippen LogP contribution < -0.4 is 5.32 Å².